The lowest BCUT2D eigenvalue weighted by Crippen LogP contribution is -2.20. The Morgan fingerprint density at radius 2 is 1.70 bits per heavy atom. The molecule has 5 atom stereocenters. The van der Waals surface area contributed by atoms with Gasteiger partial charge in [0.15, 0.2) is 23.3 Å². The van der Waals surface area contributed by atoms with E-state index in [4.69, 9.17) is 5.48 Å². The van der Waals surface area contributed by atoms with E-state index in [1.165, 1.54) is 6.08 Å². The maximum absolute atomic E-state index is 13.8. The Bertz CT molecular complexity index is 1090. The number of esters is 1. The first-order valence-corrected chi connectivity index (χ1v) is 12.1. The molecular formula is C27H35F5O5. The third-order valence-corrected chi connectivity index (χ3v) is 6.20. The quantitative estimate of drug-likeness (QED) is 0.0738. The Morgan fingerprint density at radius 1 is 1.05 bits per heavy atom. The van der Waals surface area contributed by atoms with Crippen LogP contribution in [0.5, 0.6) is 0 Å². The number of unbranched alkanes of at least 4 members (excludes halogenated alkanes) is 2. The lowest BCUT2D eigenvalue weighted by molar-refractivity contribution is -0.145. The molecular weight excluding hydrogens is 499 g/mol. The standard InChI is InChI=1S/C27H35F5O5/c1-2-3-6-9-16(33)12-13-18-17(20(34)14-21(18)35)10-7-4-5-8-11-22(36)37-15-19-23(28)25(30)27(32)26(31)24(19)29/h4,7,12-13,16-18,20-21,33-35H,2-3,5-6,8-11,14-15H2,1H3/b7-4-,13-12+/t16-,17-,18+,20-,21+/m0/s1/i5D2,8D2. The van der Waals surface area contributed by atoms with Crippen LogP contribution in [0.3, 0.4) is 0 Å². The monoisotopic (exact) mass is 538 g/mol. The topological polar surface area (TPSA) is 87.0 Å². The molecule has 0 saturated heterocycles. The van der Waals surface area contributed by atoms with Crippen molar-refractivity contribution in [3.05, 3.63) is 59.0 Å². The van der Waals surface area contributed by atoms with Crippen LogP contribution in [0.4, 0.5) is 22.0 Å². The van der Waals surface area contributed by atoms with Gasteiger partial charge in [0.1, 0.15) is 6.61 Å². The van der Waals surface area contributed by atoms with Gasteiger partial charge in [-0.25, -0.2) is 22.0 Å². The van der Waals surface area contributed by atoms with Crippen molar-refractivity contribution >= 4 is 5.97 Å². The fourth-order valence-corrected chi connectivity index (χ4v) is 4.11. The first-order valence-electron chi connectivity index (χ1n) is 14.1. The minimum absolute atomic E-state index is 0.0272. The highest BCUT2D eigenvalue weighted by molar-refractivity contribution is 5.69. The molecule has 0 amide bonds. The predicted molar refractivity (Wildman–Crippen MR) is 127 cm³/mol. The highest BCUT2D eigenvalue weighted by Gasteiger charge is 2.39. The Balaban J connectivity index is 2.02. The van der Waals surface area contributed by atoms with E-state index in [1.54, 1.807) is 12.2 Å². The number of halogens is 5. The number of allylic oxidation sites excluding steroid dienone is 2. The summed E-state index contributed by atoms with van der Waals surface area (Å²) in [6, 6.07) is 0. The molecule has 0 radical (unpaired) electrons. The fraction of sp³-hybridized carbons (Fsp3) is 0.593. The number of carbonyl (C=O) groups excluding carboxylic acids is 1. The molecule has 10 heteroatoms. The number of hydrogen-bond acceptors (Lipinski definition) is 5. The average Bonchev–Trinajstić information content (AvgIpc) is 3.16. The van der Waals surface area contributed by atoms with Crippen LogP contribution in [0.25, 0.3) is 0 Å². The lowest BCUT2D eigenvalue weighted by Gasteiger charge is -2.19. The van der Waals surface area contributed by atoms with Gasteiger partial charge in [-0.05, 0) is 31.5 Å². The van der Waals surface area contributed by atoms with Gasteiger partial charge in [0.2, 0.25) is 5.82 Å². The van der Waals surface area contributed by atoms with Crippen molar-refractivity contribution in [1.82, 2.24) is 0 Å². The minimum atomic E-state index is -2.92. The van der Waals surface area contributed by atoms with Gasteiger partial charge in [-0.2, -0.15) is 0 Å². The third kappa shape index (κ3) is 8.90. The van der Waals surface area contributed by atoms with E-state index in [-0.39, 0.29) is 12.8 Å². The molecule has 0 heterocycles. The van der Waals surface area contributed by atoms with E-state index in [1.807, 2.05) is 6.92 Å². The van der Waals surface area contributed by atoms with E-state index in [2.05, 4.69) is 4.74 Å². The van der Waals surface area contributed by atoms with E-state index in [0.29, 0.717) is 6.42 Å². The summed E-state index contributed by atoms with van der Waals surface area (Å²) in [6.07, 6.45) is -0.892. The number of carbonyl (C=O) groups is 1. The molecule has 1 saturated carbocycles. The molecule has 0 bridgehead atoms. The van der Waals surface area contributed by atoms with Crippen LogP contribution in [-0.4, -0.2) is 39.6 Å². The average molecular weight is 539 g/mol. The predicted octanol–water partition coefficient (Wildman–Crippen LogP) is 5.40. The van der Waals surface area contributed by atoms with Crippen LogP contribution in [0.1, 0.15) is 75.7 Å². The minimum Gasteiger partial charge on any atom is -0.461 e. The molecule has 0 unspecified atom stereocenters. The van der Waals surface area contributed by atoms with Crippen molar-refractivity contribution in [2.75, 3.05) is 0 Å². The molecule has 1 aliphatic rings. The Morgan fingerprint density at radius 3 is 2.35 bits per heavy atom. The maximum atomic E-state index is 13.8. The van der Waals surface area contributed by atoms with Crippen LogP contribution in [0.15, 0.2) is 24.3 Å². The van der Waals surface area contributed by atoms with Gasteiger partial charge in [-0.3, -0.25) is 4.79 Å². The number of aliphatic hydroxyl groups excluding tert-OH is 3. The van der Waals surface area contributed by atoms with E-state index < -0.39 is 96.5 Å². The summed E-state index contributed by atoms with van der Waals surface area (Å²) in [7, 11) is 0. The van der Waals surface area contributed by atoms with E-state index in [0.717, 1.165) is 25.3 Å². The van der Waals surface area contributed by atoms with Gasteiger partial charge in [0.25, 0.3) is 0 Å². The normalized spacial score (nSPS) is 25.2. The van der Waals surface area contributed by atoms with Crippen LogP contribution in [-0.2, 0) is 16.1 Å². The zero-order valence-electron chi connectivity index (χ0n) is 24.4. The van der Waals surface area contributed by atoms with Gasteiger partial charge in [-0.15, -0.1) is 0 Å². The van der Waals surface area contributed by atoms with Crippen molar-refractivity contribution in [3.63, 3.8) is 0 Å². The molecule has 2 rings (SSSR count). The third-order valence-electron chi connectivity index (χ3n) is 6.20. The molecule has 0 spiro atoms. The summed E-state index contributed by atoms with van der Waals surface area (Å²) in [6.45, 7) is 0.632. The van der Waals surface area contributed by atoms with E-state index >= 15 is 0 Å². The lowest BCUT2D eigenvalue weighted by atomic mass is 9.89. The van der Waals surface area contributed by atoms with Crippen LogP contribution >= 0.6 is 0 Å². The summed E-state index contributed by atoms with van der Waals surface area (Å²) in [4.78, 5) is 12.1. The number of ether oxygens (including phenoxy) is 1. The molecule has 5 nitrogen and oxygen atoms in total. The van der Waals surface area contributed by atoms with Crippen molar-refractivity contribution < 1.29 is 52.3 Å². The van der Waals surface area contributed by atoms with E-state index in [9.17, 15) is 42.1 Å². The van der Waals surface area contributed by atoms with Crippen molar-refractivity contribution in [3.8, 4) is 0 Å². The number of hydrogen-bond donors (Lipinski definition) is 3. The second-order valence-electron chi connectivity index (χ2n) is 8.90. The fourth-order valence-electron chi connectivity index (χ4n) is 4.11. The molecule has 3 N–H and O–H groups in total. The van der Waals surface area contributed by atoms with Gasteiger partial charge in [0, 0.05) is 24.2 Å². The number of rotatable bonds is 14. The highest BCUT2D eigenvalue weighted by atomic mass is 19.2. The Labute approximate surface area is 219 Å². The van der Waals surface area contributed by atoms with Crippen LogP contribution in [0.2, 0.25) is 0 Å². The van der Waals surface area contributed by atoms with Crippen molar-refractivity contribution in [1.29, 1.82) is 0 Å². The summed E-state index contributed by atoms with van der Waals surface area (Å²) < 4.78 is 104. The van der Waals surface area contributed by atoms with Crippen molar-refractivity contribution in [2.24, 2.45) is 11.8 Å². The molecule has 0 aromatic heterocycles. The van der Waals surface area contributed by atoms with Crippen LogP contribution in [0, 0.1) is 40.9 Å². The Kier molecular flexibility index (Phi) is 10.3. The molecule has 1 aliphatic carbocycles. The van der Waals surface area contributed by atoms with Gasteiger partial charge in [0.05, 0.1) is 23.9 Å². The zero-order chi connectivity index (χ0) is 31.1. The first-order chi connectivity index (χ1) is 19.0. The zero-order valence-corrected chi connectivity index (χ0v) is 20.4. The summed E-state index contributed by atoms with van der Waals surface area (Å²) in [5.74, 6) is -13.9. The molecule has 37 heavy (non-hydrogen) atoms. The molecule has 0 aliphatic heterocycles. The molecule has 1 fully saturated rings. The molecule has 208 valence electrons. The first kappa shape index (κ1) is 25.0. The molecule has 1 aromatic carbocycles. The molecule has 1 aromatic rings. The van der Waals surface area contributed by atoms with Crippen LogP contribution < -0.4 is 0 Å². The second kappa shape index (κ2) is 15.2. The number of benzene rings is 1. The Hall–Kier alpha value is -2.30. The highest BCUT2D eigenvalue weighted by Crippen LogP contribution is 2.36. The maximum Gasteiger partial charge on any atom is 0.306 e. The SMILES string of the molecule is [2H]C([2H])(/C=C\C[C@H]1[C@@H](/C=C/[C@@H](O)CCCCC)[C@H](O)C[C@@H]1O)C([2H])([2H])CC(=O)OCc1c(F)c(F)c(F)c(F)c1F. The smallest absolute Gasteiger partial charge is 0.306 e. The largest absolute Gasteiger partial charge is 0.461 e. The number of aliphatic hydroxyl groups is 3. The van der Waals surface area contributed by atoms with Crippen molar-refractivity contribution in [2.45, 2.75) is 89.5 Å². The summed E-state index contributed by atoms with van der Waals surface area (Å²) in [5, 5.41) is 30.8. The van der Waals surface area contributed by atoms with Gasteiger partial charge < -0.3 is 20.1 Å². The van der Waals surface area contributed by atoms with Gasteiger partial charge in [-0.1, -0.05) is 50.5 Å². The second-order valence-corrected chi connectivity index (χ2v) is 8.90. The summed E-state index contributed by atoms with van der Waals surface area (Å²) >= 11 is 0. The summed E-state index contributed by atoms with van der Waals surface area (Å²) in [5.41, 5.74) is -1.44. The van der Waals surface area contributed by atoms with Gasteiger partial charge >= 0.3 is 5.97 Å².